The third kappa shape index (κ3) is 1.42. The third-order valence-electron chi connectivity index (χ3n) is 2.57. The number of hydrogen-bond acceptors (Lipinski definition) is 0. The molecule has 0 N–H and O–H groups in total. The second-order valence-electron chi connectivity index (χ2n) is 4.02. The molecule has 0 aromatic heterocycles. The van der Waals surface area contributed by atoms with E-state index in [4.69, 9.17) is 0 Å². The maximum Gasteiger partial charge on any atom is -0.0207 e. The molecule has 0 spiro atoms. The Morgan fingerprint density at radius 3 is 2.10 bits per heavy atom. The Balaban J connectivity index is 2.72. The van der Waals surface area contributed by atoms with E-state index in [1.807, 2.05) is 0 Å². The first-order valence-electron chi connectivity index (χ1n) is 4.07. The molecule has 2 atom stereocenters. The molecule has 1 rings (SSSR count). The van der Waals surface area contributed by atoms with Crippen LogP contribution in [0.3, 0.4) is 0 Å². The van der Waals surface area contributed by atoms with Crippen LogP contribution in [-0.4, -0.2) is 0 Å². The van der Waals surface area contributed by atoms with Gasteiger partial charge in [0, 0.05) is 0 Å². The van der Waals surface area contributed by atoms with Crippen molar-refractivity contribution < 1.29 is 0 Å². The standard InChI is InChI=1S/C10H17/c1-8-5-6-9(2)10(3,4)7-8/h5-9H,1-4H3. The van der Waals surface area contributed by atoms with Crippen molar-refractivity contribution in [3.8, 4) is 0 Å². The van der Waals surface area contributed by atoms with Gasteiger partial charge < -0.3 is 0 Å². The van der Waals surface area contributed by atoms with E-state index in [0.717, 1.165) is 0 Å². The highest BCUT2D eigenvalue weighted by atomic mass is 14.3. The van der Waals surface area contributed by atoms with E-state index in [-0.39, 0.29) is 0 Å². The van der Waals surface area contributed by atoms with Gasteiger partial charge in [-0.05, 0) is 23.7 Å². The van der Waals surface area contributed by atoms with Crippen LogP contribution in [0.2, 0.25) is 0 Å². The van der Waals surface area contributed by atoms with Crippen LogP contribution < -0.4 is 0 Å². The van der Waals surface area contributed by atoms with Crippen LogP contribution in [0.5, 0.6) is 0 Å². The molecule has 2 unspecified atom stereocenters. The summed E-state index contributed by atoms with van der Waals surface area (Å²) in [5.41, 5.74) is 0.397. The topological polar surface area (TPSA) is 0 Å². The van der Waals surface area contributed by atoms with Gasteiger partial charge in [0.15, 0.2) is 0 Å². The quantitative estimate of drug-likeness (QED) is 0.450. The SMILES string of the molecule is CC1[CH]C(C)(C)C(C)C=C1. The zero-order valence-corrected chi connectivity index (χ0v) is 7.39. The van der Waals surface area contributed by atoms with E-state index in [1.54, 1.807) is 0 Å². The molecule has 57 valence electrons. The highest BCUT2D eigenvalue weighted by Gasteiger charge is 2.28. The van der Waals surface area contributed by atoms with Crippen molar-refractivity contribution in [1.29, 1.82) is 0 Å². The van der Waals surface area contributed by atoms with Crippen molar-refractivity contribution in [3.63, 3.8) is 0 Å². The second-order valence-corrected chi connectivity index (χ2v) is 4.02. The fourth-order valence-corrected chi connectivity index (χ4v) is 1.47. The number of hydrogen-bond donors (Lipinski definition) is 0. The van der Waals surface area contributed by atoms with Gasteiger partial charge in [0.25, 0.3) is 0 Å². The Morgan fingerprint density at radius 1 is 1.10 bits per heavy atom. The molecule has 0 aromatic rings. The zero-order chi connectivity index (χ0) is 7.78. The summed E-state index contributed by atoms with van der Waals surface area (Å²) >= 11 is 0. The summed E-state index contributed by atoms with van der Waals surface area (Å²) in [5, 5.41) is 0. The van der Waals surface area contributed by atoms with Crippen LogP contribution in [0.1, 0.15) is 27.7 Å². The lowest BCUT2D eigenvalue weighted by Crippen LogP contribution is -2.26. The Labute approximate surface area is 64.3 Å². The van der Waals surface area contributed by atoms with E-state index in [2.05, 4.69) is 46.3 Å². The molecule has 0 aromatic carbocycles. The highest BCUT2D eigenvalue weighted by molar-refractivity contribution is 5.10. The van der Waals surface area contributed by atoms with Gasteiger partial charge in [-0.3, -0.25) is 0 Å². The van der Waals surface area contributed by atoms with Crippen molar-refractivity contribution in [3.05, 3.63) is 18.6 Å². The van der Waals surface area contributed by atoms with Crippen molar-refractivity contribution in [2.24, 2.45) is 17.3 Å². The molecule has 1 radical (unpaired) electrons. The Bertz CT molecular complexity index is 142. The summed E-state index contributed by atoms with van der Waals surface area (Å²) in [7, 11) is 0. The summed E-state index contributed by atoms with van der Waals surface area (Å²) in [6, 6.07) is 0. The van der Waals surface area contributed by atoms with Gasteiger partial charge in [-0.2, -0.15) is 0 Å². The molecule has 0 aliphatic heterocycles. The minimum atomic E-state index is 0.397. The van der Waals surface area contributed by atoms with Crippen molar-refractivity contribution in [2.45, 2.75) is 27.7 Å². The zero-order valence-electron chi connectivity index (χ0n) is 7.39. The van der Waals surface area contributed by atoms with Crippen molar-refractivity contribution in [1.82, 2.24) is 0 Å². The van der Waals surface area contributed by atoms with Gasteiger partial charge in [0.2, 0.25) is 0 Å². The second kappa shape index (κ2) is 2.41. The monoisotopic (exact) mass is 137 g/mol. The summed E-state index contributed by atoms with van der Waals surface area (Å²) < 4.78 is 0. The van der Waals surface area contributed by atoms with Crippen molar-refractivity contribution >= 4 is 0 Å². The molecule has 10 heavy (non-hydrogen) atoms. The minimum absolute atomic E-state index is 0.397. The highest BCUT2D eigenvalue weighted by Crippen LogP contribution is 2.37. The maximum absolute atomic E-state index is 2.43. The first-order valence-corrected chi connectivity index (χ1v) is 4.07. The number of rotatable bonds is 0. The normalized spacial score (nSPS) is 38.0. The lowest BCUT2D eigenvalue weighted by molar-refractivity contribution is 0.299. The molecule has 0 fully saturated rings. The lowest BCUT2D eigenvalue weighted by Gasteiger charge is -2.35. The summed E-state index contributed by atoms with van der Waals surface area (Å²) in [4.78, 5) is 0. The Kier molecular flexibility index (Phi) is 1.89. The van der Waals surface area contributed by atoms with Gasteiger partial charge in [-0.15, -0.1) is 0 Å². The fourth-order valence-electron chi connectivity index (χ4n) is 1.47. The molecule has 0 nitrogen and oxygen atoms in total. The van der Waals surface area contributed by atoms with Gasteiger partial charge >= 0.3 is 0 Å². The van der Waals surface area contributed by atoms with Gasteiger partial charge in [0.1, 0.15) is 0 Å². The van der Waals surface area contributed by atoms with E-state index >= 15 is 0 Å². The van der Waals surface area contributed by atoms with Crippen LogP contribution >= 0.6 is 0 Å². The molecule has 0 bridgehead atoms. The molecule has 0 heterocycles. The average Bonchev–Trinajstić information content (AvgIpc) is 1.78. The predicted molar refractivity (Wildman–Crippen MR) is 45.5 cm³/mol. The van der Waals surface area contributed by atoms with Crippen LogP contribution in [0.4, 0.5) is 0 Å². The van der Waals surface area contributed by atoms with Crippen LogP contribution in [0.25, 0.3) is 0 Å². The van der Waals surface area contributed by atoms with Gasteiger partial charge in [-0.1, -0.05) is 39.8 Å². The van der Waals surface area contributed by atoms with Crippen LogP contribution in [-0.2, 0) is 0 Å². The van der Waals surface area contributed by atoms with Gasteiger partial charge in [-0.25, -0.2) is 0 Å². The summed E-state index contributed by atoms with van der Waals surface area (Å²) in [6.07, 6.45) is 7.04. The first-order chi connectivity index (χ1) is 4.52. The first kappa shape index (κ1) is 7.84. The summed E-state index contributed by atoms with van der Waals surface area (Å²) in [6.45, 7) is 9.12. The molecule has 1 aliphatic carbocycles. The molecular weight excluding hydrogens is 120 g/mol. The fraction of sp³-hybridized carbons (Fsp3) is 0.700. The molecule has 0 saturated heterocycles. The van der Waals surface area contributed by atoms with E-state index < -0.39 is 0 Å². The predicted octanol–water partition coefficient (Wildman–Crippen LogP) is 3.06. The largest absolute Gasteiger partial charge is 0.0851 e. The lowest BCUT2D eigenvalue weighted by atomic mass is 9.70. The molecule has 0 saturated carbocycles. The van der Waals surface area contributed by atoms with E-state index in [1.165, 1.54) is 0 Å². The smallest absolute Gasteiger partial charge is 0.0207 e. The Morgan fingerprint density at radius 2 is 1.70 bits per heavy atom. The average molecular weight is 137 g/mol. The maximum atomic E-state index is 2.43. The summed E-state index contributed by atoms with van der Waals surface area (Å²) in [5.74, 6) is 1.36. The Hall–Kier alpha value is -0.260. The minimum Gasteiger partial charge on any atom is -0.0851 e. The molecule has 0 heteroatoms. The van der Waals surface area contributed by atoms with Crippen molar-refractivity contribution in [2.75, 3.05) is 0 Å². The van der Waals surface area contributed by atoms with Gasteiger partial charge in [0.05, 0.1) is 0 Å². The molecule has 1 aliphatic rings. The molecular formula is C10H17. The third-order valence-corrected chi connectivity index (χ3v) is 2.57. The number of allylic oxidation sites excluding steroid dienone is 2. The van der Waals surface area contributed by atoms with E-state index in [0.29, 0.717) is 17.3 Å². The molecule has 0 amide bonds. The van der Waals surface area contributed by atoms with Crippen LogP contribution in [0.15, 0.2) is 12.2 Å². The van der Waals surface area contributed by atoms with E-state index in [9.17, 15) is 0 Å². The van der Waals surface area contributed by atoms with Crippen LogP contribution in [0, 0.1) is 23.7 Å².